The Hall–Kier alpha value is -3.92. The van der Waals surface area contributed by atoms with Gasteiger partial charge in [0, 0.05) is 56.7 Å². The van der Waals surface area contributed by atoms with Crippen LogP contribution in [0.25, 0.3) is 16.6 Å². The van der Waals surface area contributed by atoms with Crippen molar-refractivity contribution >= 4 is 17.3 Å². The van der Waals surface area contributed by atoms with Gasteiger partial charge in [-0.1, -0.05) is 18.2 Å². The number of halogens is 1. The number of rotatable bonds is 5. The monoisotopic (exact) mass is 464 g/mol. The van der Waals surface area contributed by atoms with E-state index in [4.69, 9.17) is 4.74 Å². The van der Waals surface area contributed by atoms with E-state index in [1.54, 1.807) is 9.58 Å². The Morgan fingerprint density at radius 2 is 1.79 bits per heavy atom. The maximum absolute atomic E-state index is 13.2. The summed E-state index contributed by atoms with van der Waals surface area (Å²) in [5.41, 5.74) is 4.59. The van der Waals surface area contributed by atoms with Crippen molar-refractivity contribution in [3.05, 3.63) is 72.6 Å². The molecule has 1 saturated heterocycles. The molecule has 1 fully saturated rings. The smallest absolute Gasteiger partial charge is 0.410 e. The Bertz CT molecular complexity index is 1290. The first-order valence-electron chi connectivity index (χ1n) is 11.0. The van der Waals surface area contributed by atoms with Gasteiger partial charge in [-0.05, 0) is 23.8 Å². The van der Waals surface area contributed by atoms with Crippen molar-refractivity contribution < 1.29 is 19.0 Å². The van der Waals surface area contributed by atoms with Crippen molar-refractivity contribution in [2.24, 2.45) is 7.05 Å². The summed E-state index contributed by atoms with van der Waals surface area (Å²) >= 11 is 0. The number of aryl methyl sites for hydroxylation is 1. The van der Waals surface area contributed by atoms with E-state index in [2.05, 4.69) is 21.2 Å². The highest BCUT2D eigenvalue weighted by molar-refractivity contribution is 5.76. The van der Waals surface area contributed by atoms with Crippen LogP contribution < -0.4 is 4.90 Å². The third kappa shape index (κ3) is 4.32. The summed E-state index contributed by atoms with van der Waals surface area (Å²) in [6.07, 6.45) is 6.27. The number of aliphatic hydroxyl groups excluding tert-OH is 1. The molecule has 1 aromatic carbocycles. The second-order valence-electron chi connectivity index (χ2n) is 8.26. The Morgan fingerprint density at radius 3 is 2.47 bits per heavy atom. The fraction of sp³-hybridized carbons (Fsp3) is 0.292. The van der Waals surface area contributed by atoms with Crippen LogP contribution in [0.4, 0.5) is 14.9 Å². The van der Waals surface area contributed by atoms with Crippen LogP contribution in [0.1, 0.15) is 11.7 Å². The molecule has 4 heterocycles. The molecule has 0 spiro atoms. The van der Waals surface area contributed by atoms with E-state index in [0.717, 1.165) is 22.3 Å². The summed E-state index contributed by atoms with van der Waals surface area (Å²) in [6.45, 7) is 1.83. The van der Waals surface area contributed by atoms with Crippen molar-refractivity contribution in [1.29, 1.82) is 0 Å². The zero-order chi connectivity index (χ0) is 23.7. The van der Waals surface area contributed by atoms with Crippen molar-refractivity contribution in [2.45, 2.75) is 6.10 Å². The number of ether oxygens (including phenoxy) is 1. The summed E-state index contributed by atoms with van der Waals surface area (Å²) in [5.74, 6) is -0.385. The number of benzene rings is 1. The lowest BCUT2D eigenvalue weighted by Crippen LogP contribution is -2.49. The number of carbonyl (C=O) groups excluding carboxylic acids is 1. The number of aliphatic hydroxyl groups is 1. The van der Waals surface area contributed by atoms with E-state index in [9.17, 15) is 14.3 Å². The molecule has 4 aromatic rings. The van der Waals surface area contributed by atoms with Gasteiger partial charge in [-0.2, -0.15) is 10.2 Å². The van der Waals surface area contributed by atoms with Crippen LogP contribution in [-0.4, -0.2) is 68.3 Å². The molecule has 0 saturated carbocycles. The highest BCUT2D eigenvalue weighted by Crippen LogP contribution is 2.27. The first kappa shape index (κ1) is 21.9. The van der Waals surface area contributed by atoms with Gasteiger partial charge < -0.3 is 19.6 Å². The molecule has 1 amide bonds. The number of pyridine rings is 1. The van der Waals surface area contributed by atoms with Crippen molar-refractivity contribution in [1.82, 2.24) is 24.3 Å². The molecule has 5 rings (SSSR count). The molecule has 0 bridgehead atoms. The van der Waals surface area contributed by atoms with Crippen molar-refractivity contribution in [3.63, 3.8) is 0 Å². The number of fused-ring (bicyclic) bond motifs is 1. The van der Waals surface area contributed by atoms with Crippen LogP contribution in [0, 0.1) is 5.82 Å². The third-order valence-corrected chi connectivity index (χ3v) is 6.06. The summed E-state index contributed by atoms with van der Waals surface area (Å²) in [5, 5.41) is 18.4. The standard InChI is InChI=1S/C24H25FN6O3/c1-28-14-19(12-26-28)18-4-7-21-22(13-27-31(21)15-18)29-8-10-30(11-9-29)24(33)34-23(16-32)17-2-5-20(25)6-3-17/h2-7,12-15,23,32H,8-11,16H2,1H3. The first-order chi connectivity index (χ1) is 16.5. The number of aromatic nitrogens is 4. The number of nitrogens with zero attached hydrogens (tertiary/aromatic N) is 6. The van der Waals surface area contributed by atoms with Crippen LogP contribution >= 0.6 is 0 Å². The van der Waals surface area contributed by atoms with Crippen LogP contribution in [0.3, 0.4) is 0 Å². The number of hydrogen-bond donors (Lipinski definition) is 1. The maximum atomic E-state index is 13.2. The molecule has 1 atom stereocenters. The van der Waals surface area contributed by atoms with Gasteiger partial charge in [0.15, 0.2) is 6.10 Å². The summed E-state index contributed by atoms with van der Waals surface area (Å²) < 4.78 is 22.3. The number of piperazine rings is 1. The van der Waals surface area contributed by atoms with Crippen LogP contribution in [-0.2, 0) is 11.8 Å². The number of hydrogen-bond acceptors (Lipinski definition) is 6. The van der Waals surface area contributed by atoms with Gasteiger partial charge in [-0.3, -0.25) is 4.68 Å². The lowest BCUT2D eigenvalue weighted by atomic mass is 10.1. The molecule has 1 aliphatic rings. The van der Waals surface area contributed by atoms with E-state index >= 15 is 0 Å². The zero-order valence-corrected chi connectivity index (χ0v) is 18.7. The van der Waals surface area contributed by atoms with Gasteiger partial charge >= 0.3 is 6.09 Å². The normalized spacial score (nSPS) is 15.0. The van der Waals surface area contributed by atoms with E-state index < -0.39 is 12.2 Å². The summed E-state index contributed by atoms with van der Waals surface area (Å²) in [6, 6.07) is 9.66. The van der Waals surface area contributed by atoms with Crippen molar-refractivity contribution in [3.8, 4) is 11.1 Å². The molecule has 1 N–H and O–H groups in total. The SMILES string of the molecule is Cn1cc(-c2ccc3c(N4CCN(C(=O)OC(CO)c5ccc(F)cc5)CC4)cnn3c2)cn1. The quantitative estimate of drug-likeness (QED) is 0.489. The molecule has 34 heavy (non-hydrogen) atoms. The van der Waals surface area contributed by atoms with E-state index in [1.807, 2.05) is 42.4 Å². The highest BCUT2D eigenvalue weighted by Gasteiger charge is 2.26. The van der Waals surface area contributed by atoms with E-state index in [0.29, 0.717) is 31.7 Å². The molecular weight excluding hydrogens is 439 g/mol. The average molecular weight is 465 g/mol. The first-order valence-corrected chi connectivity index (χ1v) is 11.0. The molecule has 0 radical (unpaired) electrons. The summed E-state index contributed by atoms with van der Waals surface area (Å²) in [7, 11) is 1.89. The lowest BCUT2D eigenvalue weighted by Gasteiger charge is -2.35. The molecule has 1 aliphatic heterocycles. The van der Waals surface area contributed by atoms with E-state index in [1.165, 1.54) is 24.3 Å². The zero-order valence-electron chi connectivity index (χ0n) is 18.7. The number of anilines is 1. The fourth-order valence-corrected chi connectivity index (χ4v) is 4.17. The van der Waals surface area contributed by atoms with Gasteiger partial charge in [0.1, 0.15) is 5.82 Å². The van der Waals surface area contributed by atoms with Gasteiger partial charge in [-0.25, -0.2) is 13.7 Å². The Balaban J connectivity index is 1.23. The minimum absolute atomic E-state index is 0.374. The molecule has 1 unspecified atom stereocenters. The Morgan fingerprint density at radius 1 is 1.03 bits per heavy atom. The fourth-order valence-electron chi connectivity index (χ4n) is 4.17. The Kier molecular flexibility index (Phi) is 5.89. The molecule has 3 aromatic heterocycles. The van der Waals surface area contributed by atoms with Gasteiger partial charge in [-0.15, -0.1) is 0 Å². The summed E-state index contributed by atoms with van der Waals surface area (Å²) in [4.78, 5) is 16.5. The third-order valence-electron chi connectivity index (χ3n) is 6.06. The molecule has 10 heteroatoms. The Labute approximate surface area is 195 Å². The van der Waals surface area contributed by atoms with Crippen molar-refractivity contribution in [2.75, 3.05) is 37.7 Å². The van der Waals surface area contributed by atoms with E-state index in [-0.39, 0.29) is 12.4 Å². The highest BCUT2D eigenvalue weighted by atomic mass is 19.1. The lowest BCUT2D eigenvalue weighted by molar-refractivity contribution is 0.0315. The second-order valence-corrected chi connectivity index (χ2v) is 8.26. The van der Waals surface area contributed by atoms with Crippen LogP contribution in [0.2, 0.25) is 0 Å². The van der Waals surface area contributed by atoms with Crippen LogP contribution in [0.15, 0.2) is 61.2 Å². The molecule has 176 valence electrons. The molecule has 0 aliphatic carbocycles. The predicted molar refractivity (Wildman–Crippen MR) is 124 cm³/mol. The number of amides is 1. The van der Waals surface area contributed by atoms with Crippen LogP contribution in [0.5, 0.6) is 0 Å². The minimum atomic E-state index is -0.834. The molecule has 9 nitrogen and oxygen atoms in total. The predicted octanol–water partition coefficient (Wildman–Crippen LogP) is 2.87. The largest absolute Gasteiger partial charge is 0.439 e. The van der Waals surface area contributed by atoms with Gasteiger partial charge in [0.05, 0.1) is 30.2 Å². The topological polar surface area (TPSA) is 88.1 Å². The maximum Gasteiger partial charge on any atom is 0.410 e. The van der Waals surface area contributed by atoms with Gasteiger partial charge in [0.2, 0.25) is 0 Å². The second kappa shape index (κ2) is 9.14. The number of carbonyl (C=O) groups is 1. The van der Waals surface area contributed by atoms with Gasteiger partial charge in [0.25, 0.3) is 0 Å². The molecular formula is C24H25FN6O3. The average Bonchev–Trinajstić information content (AvgIpc) is 3.49. The minimum Gasteiger partial charge on any atom is -0.439 e.